The van der Waals surface area contributed by atoms with E-state index in [4.69, 9.17) is 20.9 Å². The van der Waals surface area contributed by atoms with Crippen molar-refractivity contribution in [2.75, 3.05) is 24.7 Å². The van der Waals surface area contributed by atoms with Crippen LogP contribution in [-0.2, 0) is 71.9 Å². The van der Waals surface area contributed by atoms with E-state index in [9.17, 15) is 58.5 Å². The molecule has 15 N–H and O–H groups in total. The summed E-state index contributed by atoms with van der Waals surface area (Å²) in [4.78, 5) is 129. The Morgan fingerprint density at radius 2 is 1.28 bits per heavy atom. The summed E-state index contributed by atoms with van der Waals surface area (Å²) in [5.74, 6) is -8.81. The molecule has 26 heteroatoms. The number of nitrogens with two attached hydrogens (primary N) is 2. The molecule has 1 saturated heterocycles. The van der Waals surface area contributed by atoms with E-state index >= 15 is 0 Å². The number of rotatable bonds is 21. The van der Waals surface area contributed by atoms with Crippen molar-refractivity contribution < 1.29 is 67.9 Å². The predicted octanol–water partition coefficient (Wildman–Crippen LogP) is -0.942. The minimum absolute atomic E-state index is 0.0164. The van der Waals surface area contributed by atoms with E-state index in [1.165, 1.54) is 20.8 Å². The van der Waals surface area contributed by atoms with E-state index in [1.807, 2.05) is 18.2 Å². The van der Waals surface area contributed by atoms with Gasteiger partial charge in [0.2, 0.25) is 41.4 Å². The molecule has 1 aliphatic heterocycles. The molecule has 2 heterocycles. The number of aromatic nitrogens is 1. The maximum Gasteiger partial charge on any atom is 0.347 e. The molecule has 0 aliphatic carbocycles. The zero-order valence-corrected chi connectivity index (χ0v) is 47.1. The third kappa shape index (κ3) is 20.5. The van der Waals surface area contributed by atoms with Gasteiger partial charge in [-0.05, 0) is 82.7 Å². The van der Waals surface area contributed by atoms with Crippen molar-refractivity contribution in [1.82, 2.24) is 42.2 Å². The van der Waals surface area contributed by atoms with Crippen LogP contribution in [0.2, 0.25) is 0 Å². The van der Waals surface area contributed by atoms with Crippen LogP contribution in [-0.4, -0.2) is 171 Å². The van der Waals surface area contributed by atoms with Gasteiger partial charge < -0.3 is 78.5 Å². The number of nitrogens with one attached hydrogen (secondary N) is 8. The lowest BCUT2D eigenvalue weighted by atomic mass is 10.0. The van der Waals surface area contributed by atoms with Crippen molar-refractivity contribution in [2.45, 2.75) is 139 Å². The summed E-state index contributed by atoms with van der Waals surface area (Å²) in [5.41, 5.74) is 14.9. The first kappa shape index (κ1) is 64.7. The summed E-state index contributed by atoms with van der Waals surface area (Å²) in [6.45, 7) is 4.37. The van der Waals surface area contributed by atoms with Gasteiger partial charge >= 0.3 is 11.9 Å². The lowest BCUT2D eigenvalue weighted by Crippen LogP contribution is -2.62. The van der Waals surface area contributed by atoms with Crippen LogP contribution in [0.15, 0.2) is 91.1 Å². The molecule has 0 spiro atoms. The fourth-order valence-corrected chi connectivity index (χ4v) is 10.6. The normalized spacial score (nSPS) is 22.1. The van der Waals surface area contributed by atoms with Crippen LogP contribution in [0, 0.1) is 0 Å². The molecule has 24 nitrogen and oxygen atoms in total. The molecule has 1 aromatic heterocycles. The van der Waals surface area contributed by atoms with Crippen LogP contribution >= 0.6 is 21.6 Å². The SMILES string of the molecule is C[C@H](O)C(=O)O[C@@H](C)C(=O)OC[C@@H](NC(=O)[C@@H]1CSSC[C@H](NC(=O)[C@H](N)Cc2ccccc2)C(=O)N[C@@H](Cc2ccccc2)C(=O)N[C@H](Cc2c[nH]c3ccccc23)C(=O)N[C@@H](CCCCN)C(=O)N[C@@H]([C@H](C)O)C(=O)N1)[C@@H](C)O. The van der Waals surface area contributed by atoms with Crippen molar-refractivity contribution in [3.8, 4) is 0 Å². The standard InChI is InChI=1S/C55H74N10O14S2/c1-30(66)43(27-78-55(77)33(4)79-54(76)32(3)68)62-52(74)45-29-81-80-28-44(63-47(69)38(57)23-34-15-7-5-8-16-34)51(73)60-41(24-35-17-9-6-10-18-35)49(71)61-42(25-36-26-58-39-20-12-11-19-37(36)39)50(72)59-40(21-13-14-22-56)48(70)65-46(31(2)67)53(75)64-45/h5-12,15-20,26,30-33,38,40-46,58,66-68H,13-14,21-25,27-29,56-57H2,1-4H3,(H,59,72)(H,60,73)(H,61,71)(H,62,74)(H,63,69)(H,64,75)(H,65,70)/t30-,31+,32+,33+,38-,40+,41+,42-,43-,44+,45+,46+/m1/s1. The molecular formula is C55H74N10O14S2. The molecule has 3 aromatic carbocycles. The molecule has 12 atom stereocenters. The highest BCUT2D eigenvalue weighted by Gasteiger charge is 2.37. The Hall–Kier alpha value is -7.07. The summed E-state index contributed by atoms with van der Waals surface area (Å²) in [5, 5.41) is 50.7. The largest absolute Gasteiger partial charge is 0.461 e. The van der Waals surface area contributed by atoms with Crippen LogP contribution in [0.25, 0.3) is 10.9 Å². The van der Waals surface area contributed by atoms with Gasteiger partial charge in [-0.15, -0.1) is 0 Å². The van der Waals surface area contributed by atoms with Crippen LogP contribution in [0.1, 0.15) is 63.6 Å². The number of hydrogen-bond donors (Lipinski definition) is 13. The number of carbonyl (C=O) groups is 9. The maximum absolute atomic E-state index is 14.8. The maximum atomic E-state index is 14.8. The molecule has 0 saturated carbocycles. The van der Waals surface area contributed by atoms with Gasteiger partial charge in [0.05, 0.1) is 24.3 Å². The Balaban J connectivity index is 1.54. The summed E-state index contributed by atoms with van der Waals surface area (Å²) < 4.78 is 10.1. The number of H-pyrrole nitrogens is 1. The highest BCUT2D eigenvalue weighted by molar-refractivity contribution is 8.76. The second kappa shape index (κ2) is 32.4. The Morgan fingerprint density at radius 3 is 1.93 bits per heavy atom. The van der Waals surface area contributed by atoms with E-state index in [2.05, 4.69) is 42.2 Å². The minimum Gasteiger partial charge on any atom is -0.461 e. The lowest BCUT2D eigenvalue weighted by Gasteiger charge is -2.29. The van der Waals surface area contributed by atoms with Crippen molar-refractivity contribution in [1.29, 1.82) is 0 Å². The Morgan fingerprint density at radius 1 is 0.691 bits per heavy atom. The van der Waals surface area contributed by atoms with E-state index in [0.29, 0.717) is 24.0 Å². The van der Waals surface area contributed by atoms with Crippen LogP contribution < -0.4 is 48.7 Å². The zero-order chi connectivity index (χ0) is 59.2. The Kier molecular flexibility index (Phi) is 25.9. The Bertz CT molecular complexity index is 2750. The van der Waals surface area contributed by atoms with Crippen LogP contribution in [0.4, 0.5) is 0 Å². The van der Waals surface area contributed by atoms with Crippen LogP contribution in [0.5, 0.6) is 0 Å². The predicted molar refractivity (Wildman–Crippen MR) is 303 cm³/mol. The number of aromatic amines is 1. The average Bonchev–Trinajstić information content (AvgIpc) is 4.13. The molecular weight excluding hydrogens is 1090 g/mol. The van der Waals surface area contributed by atoms with Gasteiger partial charge in [-0.25, -0.2) is 9.59 Å². The zero-order valence-electron chi connectivity index (χ0n) is 45.5. The fourth-order valence-electron chi connectivity index (χ4n) is 8.32. The van der Waals surface area contributed by atoms with Gasteiger partial charge in [-0.3, -0.25) is 33.6 Å². The average molecular weight is 1160 g/mol. The number of ether oxygens (including phenoxy) is 2. The third-order valence-corrected chi connectivity index (χ3v) is 15.4. The molecule has 0 radical (unpaired) electrons. The molecule has 1 fully saturated rings. The smallest absolute Gasteiger partial charge is 0.347 e. The number of aliphatic hydroxyl groups is 3. The second-order valence-corrected chi connectivity index (χ2v) is 22.2. The van der Waals surface area contributed by atoms with E-state index < -0.39 is 133 Å². The highest BCUT2D eigenvalue weighted by Crippen LogP contribution is 2.25. The van der Waals surface area contributed by atoms with E-state index in [1.54, 1.807) is 72.9 Å². The van der Waals surface area contributed by atoms with Gasteiger partial charge in [0.25, 0.3) is 0 Å². The van der Waals surface area contributed by atoms with Gasteiger partial charge in [-0.2, -0.15) is 0 Å². The van der Waals surface area contributed by atoms with Crippen LogP contribution in [0.3, 0.4) is 0 Å². The number of esters is 2. The second-order valence-electron chi connectivity index (χ2n) is 19.7. The molecule has 4 aromatic rings. The topological polar surface area (TPSA) is 385 Å². The fraction of sp³-hybridized carbons (Fsp3) is 0.473. The molecule has 5 rings (SSSR count). The number of benzene rings is 3. The number of para-hydroxylation sites is 1. The summed E-state index contributed by atoms with van der Waals surface area (Å²) in [6.07, 6.45) is -3.75. The minimum atomic E-state index is -1.76. The summed E-state index contributed by atoms with van der Waals surface area (Å²) in [6, 6.07) is 13.6. The summed E-state index contributed by atoms with van der Waals surface area (Å²) in [7, 11) is 1.93. The molecule has 7 amide bonds. The molecule has 1 aliphatic rings. The third-order valence-electron chi connectivity index (χ3n) is 13.0. The van der Waals surface area contributed by atoms with Gasteiger partial charge in [0, 0.05) is 41.4 Å². The number of aliphatic hydroxyl groups excluding tert-OH is 3. The first-order valence-electron chi connectivity index (χ1n) is 26.5. The highest BCUT2D eigenvalue weighted by atomic mass is 33.1. The molecule has 81 heavy (non-hydrogen) atoms. The van der Waals surface area contributed by atoms with Gasteiger partial charge in [0.1, 0.15) is 49.0 Å². The number of fused-ring (bicyclic) bond motifs is 1. The van der Waals surface area contributed by atoms with Crippen molar-refractivity contribution in [2.24, 2.45) is 11.5 Å². The van der Waals surface area contributed by atoms with Crippen molar-refractivity contribution in [3.05, 3.63) is 108 Å². The van der Waals surface area contributed by atoms with Gasteiger partial charge in [-0.1, -0.05) is 100 Å². The first-order valence-corrected chi connectivity index (χ1v) is 29.0. The summed E-state index contributed by atoms with van der Waals surface area (Å²) >= 11 is 0. The first-order chi connectivity index (χ1) is 38.6. The number of amides is 7. The monoisotopic (exact) mass is 1160 g/mol. The number of hydrogen-bond acceptors (Lipinski definition) is 18. The lowest BCUT2D eigenvalue weighted by molar-refractivity contribution is -0.172. The molecule has 0 bridgehead atoms. The molecule has 440 valence electrons. The Labute approximate surface area is 476 Å². The van der Waals surface area contributed by atoms with E-state index in [0.717, 1.165) is 45.0 Å². The van der Waals surface area contributed by atoms with Gasteiger partial charge in [0.15, 0.2) is 6.10 Å². The molecule has 0 unspecified atom stereocenters. The quantitative estimate of drug-likeness (QED) is 0.0272. The number of unbranched alkanes of at least 4 members (excludes halogenated alkanes) is 1. The van der Waals surface area contributed by atoms with Crippen molar-refractivity contribution in [3.63, 3.8) is 0 Å². The van der Waals surface area contributed by atoms with Crippen molar-refractivity contribution >= 4 is 85.8 Å². The number of carbonyl (C=O) groups excluding carboxylic acids is 9. The van der Waals surface area contributed by atoms with E-state index in [-0.39, 0.29) is 43.7 Å².